The van der Waals surface area contributed by atoms with Crippen LogP contribution in [0.4, 0.5) is 17.2 Å². The van der Waals surface area contributed by atoms with Crippen LogP contribution in [0.5, 0.6) is 0 Å². The number of pyridine rings is 1. The summed E-state index contributed by atoms with van der Waals surface area (Å²) in [6, 6.07) is 18.7. The van der Waals surface area contributed by atoms with Crippen molar-refractivity contribution in [1.29, 1.82) is 0 Å². The summed E-state index contributed by atoms with van der Waals surface area (Å²) in [5.41, 5.74) is 5.29. The highest BCUT2D eigenvalue weighted by Crippen LogP contribution is 2.42. The topological polar surface area (TPSA) is 74.8 Å². The molecule has 1 N–H and O–H groups in total. The molecule has 1 spiro atoms. The Kier molecular flexibility index (Phi) is 6.45. The van der Waals surface area contributed by atoms with Crippen LogP contribution >= 0.6 is 0 Å². The minimum absolute atomic E-state index is 0.0483. The number of para-hydroxylation sites is 1. The highest BCUT2D eigenvalue weighted by molar-refractivity contribution is 6.09. The summed E-state index contributed by atoms with van der Waals surface area (Å²) in [6.07, 6.45) is 6.83. The molecule has 0 aliphatic carbocycles. The van der Waals surface area contributed by atoms with Gasteiger partial charge in [-0.3, -0.25) is 9.59 Å². The van der Waals surface area contributed by atoms with Gasteiger partial charge in [-0.25, -0.2) is 4.98 Å². The molecular weight excluding hydrogens is 476 g/mol. The van der Waals surface area contributed by atoms with Crippen molar-refractivity contribution in [3.63, 3.8) is 0 Å². The van der Waals surface area contributed by atoms with Crippen LogP contribution in [-0.2, 0) is 4.74 Å². The van der Waals surface area contributed by atoms with Crippen molar-refractivity contribution >= 4 is 35.1 Å². The van der Waals surface area contributed by atoms with Crippen LogP contribution in [0.15, 0.2) is 72.4 Å². The fourth-order valence-corrected chi connectivity index (χ4v) is 5.72. The highest BCUT2D eigenvalue weighted by Gasteiger charge is 2.45. The van der Waals surface area contributed by atoms with Gasteiger partial charge in [-0.05, 0) is 74.2 Å². The minimum Gasteiger partial charge on any atom is -0.381 e. The molecule has 2 aromatic carbocycles. The zero-order valence-corrected chi connectivity index (χ0v) is 21.7. The Labute approximate surface area is 223 Å². The Morgan fingerprint density at radius 1 is 0.974 bits per heavy atom. The second-order valence-electron chi connectivity index (χ2n) is 10.6. The van der Waals surface area contributed by atoms with Crippen LogP contribution in [0, 0.1) is 5.41 Å². The molecule has 4 heterocycles. The monoisotopic (exact) mass is 508 g/mol. The number of aromatic nitrogens is 1. The van der Waals surface area contributed by atoms with Gasteiger partial charge in [0.15, 0.2) is 0 Å². The van der Waals surface area contributed by atoms with Crippen molar-refractivity contribution in [2.45, 2.75) is 26.2 Å². The largest absolute Gasteiger partial charge is 0.381 e. The molecule has 0 radical (unpaired) electrons. The van der Waals surface area contributed by atoms with E-state index in [9.17, 15) is 9.59 Å². The number of benzene rings is 2. The van der Waals surface area contributed by atoms with E-state index in [1.54, 1.807) is 36.5 Å². The van der Waals surface area contributed by atoms with Crippen molar-refractivity contribution in [2.24, 2.45) is 5.41 Å². The molecule has 7 heteroatoms. The Balaban J connectivity index is 1.15. The lowest BCUT2D eigenvalue weighted by molar-refractivity contribution is -0.000509. The van der Waals surface area contributed by atoms with E-state index in [2.05, 4.69) is 28.2 Å². The van der Waals surface area contributed by atoms with Gasteiger partial charge in [-0.15, -0.1) is 0 Å². The van der Waals surface area contributed by atoms with E-state index in [1.807, 2.05) is 35.2 Å². The second kappa shape index (κ2) is 10.1. The molecule has 1 aromatic heterocycles. The molecule has 3 aliphatic rings. The average Bonchev–Trinajstić information content (AvgIpc) is 3.10. The number of ether oxygens (including phenoxy) is 1. The summed E-state index contributed by atoms with van der Waals surface area (Å²) in [4.78, 5) is 35.3. The number of nitrogens with one attached hydrogen (secondary N) is 1. The van der Waals surface area contributed by atoms with Gasteiger partial charge in [0, 0.05) is 55.7 Å². The number of nitrogens with zero attached hydrogens (tertiary/aromatic N) is 3. The van der Waals surface area contributed by atoms with E-state index in [1.165, 1.54) is 5.57 Å². The Bertz CT molecular complexity index is 1380. The number of rotatable bonds is 4. The van der Waals surface area contributed by atoms with Crippen LogP contribution in [0.3, 0.4) is 0 Å². The standard InChI is InChI=1S/C31H32N4O3/c1-22-12-16-35(27-7-3-2-5-24(27)19-22)30(37)23-8-10-25(11-9-23)33-29(36)26-6-4-15-32-28(26)34-20-31(21-34)13-17-38-18-14-31/h2-11,15,19H,12-14,16-18,20-21H2,1H3,(H,33,36). The van der Waals surface area contributed by atoms with Crippen molar-refractivity contribution in [3.8, 4) is 0 Å². The Hall–Kier alpha value is -3.97. The first-order valence-electron chi connectivity index (χ1n) is 13.3. The summed E-state index contributed by atoms with van der Waals surface area (Å²) in [6.45, 7) is 6.15. The quantitative estimate of drug-likeness (QED) is 0.511. The van der Waals surface area contributed by atoms with Gasteiger partial charge in [0.1, 0.15) is 5.82 Å². The van der Waals surface area contributed by atoms with Gasteiger partial charge in [0.25, 0.3) is 11.8 Å². The first kappa shape index (κ1) is 24.4. The SMILES string of the molecule is CC1=Cc2ccccc2N(C(=O)c2ccc(NC(=O)c3cccnc3N3CC4(CCOCC4)C3)cc2)CC1. The summed E-state index contributed by atoms with van der Waals surface area (Å²) in [5, 5.41) is 2.99. The molecular formula is C31H32N4O3. The predicted molar refractivity (Wildman–Crippen MR) is 150 cm³/mol. The number of anilines is 3. The van der Waals surface area contributed by atoms with Crippen LogP contribution in [0.2, 0.25) is 0 Å². The smallest absolute Gasteiger partial charge is 0.259 e. The van der Waals surface area contributed by atoms with Crippen LogP contribution in [-0.4, -0.2) is 49.6 Å². The Morgan fingerprint density at radius 2 is 1.74 bits per heavy atom. The molecule has 2 saturated heterocycles. The number of carbonyl (C=O) groups excluding carboxylic acids is 2. The van der Waals surface area contributed by atoms with Crippen LogP contribution in [0.1, 0.15) is 52.5 Å². The van der Waals surface area contributed by atoms with Crippen molar-refractivity contribution < 1.29 is 14.3 Å². The average molecular weight is 509 g/mol. The molecule has 2 amide bonds. The molecule has 0 saturated carbocycles. The second-order valence-corrected chi connectivity index (χ2v) is 10.6. The maximum atomic E-state index is 13.5. The normalized spacial score (nSPS) is 18.2. The van der Waals surface area contributed by atoms with E-state index in [0.29, 0.717) is 23.4 Å². The molecule has 194 valence electrons. The molecule has 0 atom stereocenters. The molecule has 38 heavy (non-hydrogen) atoms. The van der Waals surface area contributed by atoms with Gasteiger partial charge in [-0.1, -0.05) is 29.8 Å². The summed E-state index contributed by atoms with van der Waals surface area (Å²) in [5.74, 6) is 0.466. The number of hydrogen-bond acceptors (Lipinski definition) is 5. The van der Waals surface area contributed by atoms with E-state index >= 15 is 0 Å². The summed E-state index contributed by atoms with van der Waals surface area (Å²) in [7, 11) is 0. The maximum Gasteiger partial charge on any atom is 0.259 e. The first-order chi connectivity index (χ1) is 18.5. The molecule has 3 aliphatic heterocycles. The molecule has 0 unspecified atom stereocenters. The molecule has 2 fully saturated rings. The van der Waals surface area contributed by atoms with Gasteiger partial charge < -0.3 is 19.9 Å². The number of hydrogen-bond donors (Lipinski definition) is 1. The van der Waals surface area contributed by atoms with Crippen LogP contribution in [0.25, 0.3) is 6.08 Å². The third-order valence-corrected chi connectivity index (χ3v) is 7.93. The number of amides is 2. The van der Waals surface area contributed by atoms with E-state index in [0.717, 1.165) is 62.6 Å². The minimum atomic E-state index is -0.205. The van der Waals surface area contributed by atoms with E-state index in [-0.39, 0.29) is 17.2 Å². The third-order valence-electron chi connectivity index (χ3n) is 7.93. The third kappa shape index (κ3) is 4.70. The lowest BCUT2D eigenvalue weighted by atomic mass is 9.73. The first-order valence-corrected chi connectivity index (χ1v) is 13.3. The predicted octanol–water partition coefficient (Wildman–Crippen LogP) is 5.40. The molecule has 6 rings (SSSR count). The maximum absolute atomic E-state index is 13.5. The van der Waals surface area contributed by atoms with Gasteiger partial charge in [-0.2, -0.15) is 0 Å². The van der Waals surface area contributed by atoms with Gasteiger partial charge in [0.2, 0.25) is 0 Å². The molecule has 0 bridgehead atoms. The summed E-state index contributed by atoms with van der Waals surface area (Å²) >= 11 is 0. The zero-order valence-electron chi connectivity index (χ0n) is 21.7. The lowest BCUT2D eigenvalue weighted by Gasteiger charge is -2.53. The fourth-order valence-electron chi connectivity index (χ4n) is 5.72. The Morgan fingerprint density at radius 3 is 2.53 bits per heavy atom. The van der Waals surface area contributed by atoms with Gasteiger partial charge in [0.05, 0.1) is 11.3 Å². The number of fused-ring (bicyclic) bond motifs is 1. The lowest BCUT2D eigenvalue weighted by Crippen LogP contribution is -2.59. The molecule has 3 aromatic rings. The van der Waals surface area contributed by atoms with Crippen molar-refractivity contribution in [1.82, 2.24) is 4.98 Å². The number of carbonyl (C=O) groups is 2. The van der Waals surface area contributed by atoms with Gasteiger partial charge >= 0.3 is 0 Å². The van der Waals surface area contributed by atoms with Crippen LogP contribution < -0.4 is 15.1 Å². The fraction of sp³-hybridized carbons (Fsp3) is 0.323. The van der Waals surface area contributed by atoms with E-state index in [4.69, 9.17) is 4.74 Å². The van der Waals surface area contributed by atoms with Crippen molar-refractivity contribution in [2.75, 3.05) is 48.0 Å². The highest BCUT2D eigenvalue weighted by atomic mass is 16.5. The van der Waals surface area contributed by atoms with Crippen molar-refractivity contribution in [3.05, 3.63) is 89.1 Å². The molecule has 7 nitrogen and oxygen atoms in total. The zero-order chi connectivity index (χ0) is 26.1. The summed E-state index contributed by atoms with van der Waals surface area (Å²) < 4.78 is 5.53. The van der Waals surface area contributed by atoms with E-state index < -0.39 is 0 Å².